The van der Waals surface area contributed by atoms with Crippen molar-refractivity contribution < 1.29 is 4.74 Å². The number of hydrogen-bond acceptors (Lipinski definition) is 3. The number of H-pyrrole nitrogens is 1. The van der Waals surface area contributed by atoms with Gasteiger partial charge in [0.2, 0.25) is 0 Å². The lowest BCUT2D eigenvalue weighted by molar-refractivity contribution is 0.483. The molecule has 2 N–H and O–H groups in total. The van der Waals surface area contributed by atoms with Gasteiger partial charge in [-0.3, -0.25) is 0 Å². The molecule has 0 amide bonds. The number of aromatic amines is 1. The molecule has 2 heterocycles. The molecule has 0 aliphatic rings. The zero-order chi connectivity index (χ0) is 15.5. The van der Waals surface area contributed by atoms with Crippen LogP contribution >= 0.6 is 0 Å². The van der Waals surface area contributed by atoms with Crippen LogP contribution in [0, 0.1) is 0 Å². The molecular weight excluding hydrogens is 286 g/mol. The Morgan fingerprint density at radius 1 is 0.870 bits per heavy atom. The van der Waals surface area contributed by atoms with Crippen molar-refractivity contribution in [1.82, 2.24) is 9.97 Å². The van der Waals surface area contributed by atoms with Gasteiger partial charge in [-0.15, -0.1) is 0 Å². The van der Waals surface area contributed by atoms with E-state index in [1.807, 2.05) is 72.9 Å². The first kappa shape index (κ1) is 13.4. The molecular formula is C19H15N3O. The second-order valence-electron chi connectivity index (χ2n) is 5.17. The first-order chi connectivity index (χ1) is 11.4. The number of nitrogens with one attached hydrogen (secondary N) is 2. The number of anilines is 2. The van der Waals surface area contributed by atoms with E-state index in [4.69, 9.17) is 4.74 Å². The Kier molecular flexibility index (Phi) is 3.41. The molecule has 0 bridgehead atoms. The van der Waals surface area contributed by atoms with Crippen LogP contribution in [0.25, 0.3) is 11.0 Å². The maximum absolute atomic E-state index is 5.87. The number of para-hydroxylation sites is 1. The molecule has 2 aromatic heterocycles. The van der Waals surface area contributed by atoms with E-state index in [1.165, 1.54) is 0 Å². The van der Waals surface area contributed by atoms with Gasteiger partial charge in [0.25, 0.3) is 0 Å². The summed E-state index contributed by atoms with van der Waals surface area (Å²) in [7, 11) is 0. The summed E-state index contributed by atoms with van der Waals surface area (Å²) >= 11 is 0. The van der Waals surface area contributed by atoms with Crippen molar-refractivity contribution >= 4 is 22.4 Å². The van der Waals surface area contributed by atoms with E-state index >= 15 is 0 Å². The van der Waals surface area contributed by atoms with Crippen molar-refractivity contribution in [2.24, 2.45) is 0 Å². The molecule has 0 fully saturated rings. The third kappa shape index (κ3) is 2.87. The van der Waals surface area contributed by atoms with Crippen LogP contribution in [0.4, 0.5) is 11.4 Å². The summed E-state index contributed by atoms with van der Waals surface area (Å²) in [6.07, 6.45) is 3.69. The van der Waals surface area contributed by atoms with E-state index in [0.29, 0.717) is 0 Å². The molecule has 0 spiro atoms. The van der Waals surface area contributed by atoms with Gasteiger partial charge in [0.05, 0.1) is 5.69 Å². The number of nitrogens with zero attached hydrogens (tertiary/aromatic N) is 1. The van der Waals surface area contributed by atoms with E-state index in [-0.39, 0.29) is 0 Å². The maximum atomic E-state index is 5.87. The minimum Gasteiger partial charge on any atom is -0.457 e. The summed E-state index contributed by atoms with van der Waals surface area (Å²) in [6, 6.07) is 21.6. The fourth-order valence-electron chi connectivity index (χ4n) is 2.48. The van der Waals surface area contributed by atoms with Gasteiger partial charge in [-0.25, -0.2) is 4.98 Å². The van der Waals surface area contributed by atoms with Crippen molar-refractivity contribution in [2.75, 3.05) is 5.32 Å². The number of ether oxygens (including phenoxy) is 1. The van der Waals surface area contributed by atoms with Gasteiger partial charge in [0.1, 0.15) is 17.1 Å². The van der Waals surface area contributed by atoms with Crippen LogP contribution in [-0.4, -0.2) is 9.97 Å². The summed E-state index contributed by atoms with van der Waals surface area (Å²) < 4.78 is 5.87. The SMILES string of the molecule is c1ccc(Oc2cccc(Nc3c[nH]c4ncccc34)c2)cc1. The zero-order valence-electron chi connectivity index (χ0n) is 12.4. The van der Waals surface area contributed by atoms with Gasteiger partial charge in [0, 0.05) is 29.5 Å². The first-order valence-corrected chi connectivity index (χ1v) is 7.40. The zero-order valence-corrected chi connectivity index (χ0v) is 12.4. The average molecular weight is 301 g/mol. The van der Waals surface area contributed by atoms with Crippen LogP contribution in [0.5, 0.6) is 11.5 Å². The Labute approximate surface area is 133 Å². The number of benzene rings is 2. The van der Waals surface area contributed by atoms with E-state index in [0.717, 1.165) is 33.9 Å². The third-order valence-electron chi connectivity index (χ3n) is 3.54. The summed E-state index contributed by atoms with van der Waals surface area (Å²) in [5.41, 5.74) is 2.82. The lowest BCUT2D eigenvalue weighted by Crippen LogP contribution is -1.90. The predicted octanol–water partition coefficient (Wildman–Crippen LogP) is 5.10. The fraction of sp³-hybridized carbons (Fsp3) is 0. The van der Waals surface area contributed by atoms with Crippen LogP contribution in [0.2, 0.25) is 0 Å². The second kappa shape index (κ2) is 5.85. The number of hydrogen-bond donors (Lipinski definition) is 2. The van der Waals surface area contributed by atoms with Gasteiger partial charge >= 0.3 is 0 Å². The molecule has 4 aromatic rings. The summed E-state index contributed by atoms with van der Waals surface area (Å²) in [4.78, 5) is 7.45. The van der Waals surface area contributed by atoms with E-state index in [2.05, 4.69) is 15.3 Å². The Hall–Kier alpha value is -3.27. The highest BCUT2D eigenvalue weighted by molar-refractivity contribution is 5.91. The Bertz CT molecular complexity index is 931. The summed E-state index contributed by atoms with van der Waals surface area (Å²) in [5, 5.41) is 4.46. The number of fused-ring (bicyclic) bond motifs is 1. The second-order valence-corrected chi connectivity index (χ2v) is 5.17. The molecule has 4 heteroatoms. The molecule has 4 nitrogen and oxygen atoms in total. The van der Waals surface area contributed by atoms with Gasteiger partial charge in [-0.1, -0.05) is 24.3 Å². The minimum atomic E-state index is 0.791. The molecule has 0 atom stereocenters. The summed E-state index contributed by atoms with van der Waals surface area (Å²) in [6.45, 7) is 0. The molecule has 0 radical (unpaired) electrons. The topological polar surface area (TPSA) is 49.9 Å². The van der Waals surface area contributed by atoms with Crippen LogP contribution in [0.3, 0.4) is 0 Å². The molecule has 0 saturated carbocycles. The molecule has 0 saturated heterocycles. The van der Waals surface area contributed by atoms with E-state index in [1.54, 1.807) is 6.20 Å². The average Bonchev–Trinajstić information content (AvgIpc) is 2.99. The molecule has 4 rings (SSSR count). The van der Waals surface area contributed by atoms with Gasteiger partial charge in [-0.05, 0) is 36.4 Å². The predicted molar refractivity (Wildman–Crippen MR) is 92.3 cm³/mol. The fourth-order valence-corrected chi connectivity index (χ4v) is 2.48. The smallest absolute Gasteiger partial charge is 0.139 e. The van der Waals surface area contributed by atoms with Crippen LogP contribution in [0.15, 0.2) is 79.1 Å². The lowest BCUT2D eigenvalue weighted by atomic mass is 10.2. The third-order valence-corrected chi connectivity index (χ3v) is 3.54. The van der Waals surface area contributed by atoms with E-state index < -0.39 is 0 Å². The minimum absolute atomic E-state index is 0.791. The van der Waals surface area contributed by atoms with Gasteiger partial charge < -0.3 is 15.0 Å². The lowest BCUT2D eigenvalue weighted by Gasteiger charge is -2.09. The monoisotopic (exact) mass is 301 g/mol. The van der Waals surface area contributed by atoms with Gasteiger partial charge in [-0.2, -0.15) is 0 Å². The molecule has 0 aliphatic carbocycles. The highest BCUT2D eigenvalue weighted by atomic mass is 16.5. The largest absolute Gasteiger partial charge is 0.457 e. The molecule has 2 aromatic carbocycles. The van der Waals surface area contributed by atoms with Crippen molar-refractivity contribution in [3.05, 3.63) is 79.1 Å². The standard InChI is InChI=1S/C19H15N3O/c1-2-7-15(8-3-1)23-16-9-4-6-14(12-16)22-18-13-21-19-17(18)10-5-11-20-19/h1-13,22H,(H,20,21). The van der Waals surface area contributed by atoms with Crippen molar-refractivity contribution in [2.45, 2.75) is 0 Å². The molecule has 23 heavy (non-hydrogen) atoms. The molecule has 0 aliphatic heterocycles. The normalized spacial score (nSPS) is 10.6. The highest BCUT2D eigenvalue weighted by Crippen LogP contribution is 2.28. The Morgan fingerprint density at radius 2 is 1.74 bits per heavy atom. The van der Waals surface area contributed by atoms with E-state index in [9.17, 15) is 0 Å². The van der Waals surface area contributed by atoms with Crippen LogP contribution in [-0.2, 0) is 0 Å². The van der Waals surface area contributed by atoms with Crippen molar-refractivity contribution in [3.63, 3.8) is 0 Å². The first-order valence-electron chi connectivity index (χ1n) is 7.40. The number of pyridine rings is 1. The quantitative estimate of drug-likeness (QED) is 0.551. The molecule has 0 unspecified atom stereocenters. The maximum Gasteiger partial charge on any atom is 0.139 e. The Morgan fingerprint density at radius 3 is 2.65 bits per heavy atom. The number of rotatable bonds is 4. The number of aromatic nitrogens is 2. The summed E-state index contributed by atoms with van der Waals surface area (Å²) in [5.74, 6) is 1.61. The van der Waals surface area contributed by atoms with Crippen molar-refractivity contribution in [3.8, 4) is 11.5 Å². The molecule has 112 valence electrons. The van der Waals surface area contributed by atoms with Gasteiger partial charge in [0.15, 0.2) is 0 Å². The van der Waals surface area contributed by atoms with Crippen LogP contribution < -0.4 is 10.1 Å². The van der Waals surface area contributed by atoms with Crippen molar-refractivity contribution in [1.29, 1.82) is 0 Å². The van der Waals surface area contributed by atoms with Crippen LogP contribution in [0.1, 0.15) is 0 Å². The Balaban J connectivity index is 1.59. The highest BCUT2D eigenvalue weighted by Gasteiger charge is 2.05.